The SMILES string of the molecule is CCSCC(C)NC1CSCC(C)(C)C1. The van der Waals surface area contributed by atoms with Gasteiger partial charge in [0.25, 0.3) is 0 Å². The Balaban J connectivity index is 2.25. The molecule has 90 valence electrons. The van der Waals surface area contributed by atoms with Crippen molar-refractivity contribution in [1.82, 2.24) is 5.32 Å². The maximum atomic E-state index is 3.77. The zero-order chi connectivity index (χ0) is 11.3. The smallest absolute Gasteiger partial charge is 0.0166 e. The van der Waals surface area contributed by atoms with Crippen LogP contribution in [0.4, 0.5) is 0 Å². The molecule has 0 aromatic carbocycles. The van der Waals surface area contributed by atoms with Crippen molar-refractivity contribution in [2.45, 2.75) is 46.2 Å². The third-order valence-electron chi connectivity index (χ3n) is 2.70. The standard InChI is InChI=1S/C12H25NS2/c1-5-14-7-10(2)13-11-6-12(3,4)9-15-8-11/h10-11,13H,5-9H2,1-4H3. The molecule has 1 nitrogen and oxygen atoms in total. The van der Waals surface area contributed by atoms with Crippen molar-refractivity contribution in [3.63, 3.8) is 0 Å². The van der Waals surface area contributed by atoms with Gasteiger partial charge in [-0.3, -0.25) is 0 Å². The van der Waals surface area contributed by atoms with Crippen molar-refractivity contribution < 1.29 is 0 Å². The van der Waals surface area contributed by atoms with E-state index in [2.05, 4.69) is 44.8 Å². The summed E-state index contributed by atoms with van der Waals surface area (Å²) in [5, 5.41) is 3.77. The summed E-state index contributed by atoms with van der Waals surface area (Å²) in [7, 11) is 0. The van der Waals surface area contributed by atoms with Gasteiger partial charge in [-0.05, 0) is 30.3 Å². The van der Waals surface area contributed by atoms with Crippen molar-refractivity contribution in [3.05, 3.63) is 0 Å². The minimum Gasteiger partial charge on any atom is -0.310 e. The molecule has 0 spiro atoms. The fraction of sp³-hybridized carbons (Fsp3) is 1.00. The van der Waals surface area contributed by atoms with Gasteiger partial charge in [0.05, 0.1) is 0 Å². The van der Waals surface area contributed by atoms with Crippen LogP contribution < -0.4 is 5.32 Å². The van der Waals surface area contributed by atoms with Gasteiger partial charge in [0.2, 0.25) is 0 Å². The molecular formula is C12H25NS2. The normalized spacial score (nSPS) is 27.6. The summed E-state index contributed by atoms with van der Waals surface area (Å²) >= 11 is 4.14. The van der Waals surface area contributed by atoms with E-state index in [0.717, 1.165) is 6.04 Å². The molecule has 0 radical (unpaired) electrons. The first-order valence-electron chi connectivity index (χ1n) is 5.95. The van der Waals surface area contributed by atoms with Crippen molar-refractivity contribution in [3.8, 4) is 0 Å². The molecule has 1 saturated heterocycles. The molecule has 1 rings (SSSR count). The minimum absolute atomic E-state index is 0.526. The number of hydrogen-bond donors (Lipinski definition) is 1. The van der Waals surface area contributed by atoms with Gasteiger partial charge in [-0.25, -0.2) is 0 Å². The van der Waals surface area contributed by atoms with Gasteiger partial charge in [-0.2, -0.15) is 23.5 Å². The monoisotopic (exact) mass is 247 g/mol. The summed E-state index contributed by atoms with van der Waals surface area (Å²) < 4.78 is 0. The van der Waals surface area contributed by atoms with Gasteiger partial charge in [0.15, 0.2) is 0 Å². The van der Waals surface area contributed by atoms with E-state index in [1.54, 1.807) is 0 Å². The minimum atomic E-state index is 0.526. The Morgan fingerprint density at radius 1 is 1.53 bits per heavy atom. The molecule has 0 bridgehead atoms. The van der Waals surface area contributed by atoms with E-state index in [4.69, 9.17) is 0 Å². The highest BCUT2D eigenvalue weighted by atomic mass is 32.2. The molecule has 2 atom stereocenters. The number of nitrogens with one attached hydrogen (secondary N) is 1. The molecule has 1 N–H and O–H groups in total. The van der Waals surface area contributed by atoms with Crippen molar-refractivity contribution >= 4 is 23.5 Å². The van der Waals surface area contributed by atoms with Gasteiger partial charge in [0, 0.05) is 23.6 Å². The quantitative estimate of drug-likeness (QED) is 0.801. The van der Waals surface area contributed by atoms with E-state index < -0.39 is 0 Å². The predicted molar refractivity (Wildman–Crippen MR) is 75.1 cm³/mol. The maximum Gasteiger partial charge on any atom is 0.0166 e. The lowest BCUT2D eigenvalue weighted by atomic mass is 9.87. The number of rotatable bonds is 5. The summed E-state index contributed by atoms with van der Waals surface area (Å²) in [4.78, 5) is 0. The molecule has 0 aliphatic carbocycles. The number of thioether (sulfide) groups is 2. The van der Waals surface area contributed by atoms with Crippen molar-refractivity contribution in [2.75, 3.05) is 23.0 Å². The van der Waals surface area contributed by atoms with Gasteiger partial charge >= 0.3 is 0 Å². The highest BCUT2D eigenvalue weighted by Gasteiger charge is 2.28. The predicted octanol–water partition coefficient (Wildman–Crippen LogP) is 3.25. The Bertz CT molecular complexity index is 182. The average Bonchev–Trinajstić information content (AvgIpc) is 2.13. The van der Waals surface area contributed by atoms with Crippen LogP contribution in [-0.4, -0.2) is 35.1 Å². The Morgan fingerprint density at radius 3 is 2.87 bits per heavy atom. The van der Waals surface area contributed by atoms with Crippen LogP contribution >= 0.6 is 23.5 Å². The van der Waals surface area contributed by atoms with Crippen molar-refractivity contribution in [2.24, 2.45) is 5.41 Å². The van der Waals surface area contributed by atoms with E-state index in [-0.39, 0.29) is 0 Å². The van der Waals surface area contributed by atoms with Crippen LogP contribution in [0.15, 0.2) is 0 Å². The Kier molecular flexibility index (Phi) is 5.86. The molecule has 0 aromatic rings. The molecule has 2 unspecified atom stereocenters. The molecule has 1 aliphatic heterocycles. The van der Waals surface area contributed by atoms with Crippen LogP contribution in [-0.2, 0) is 0 Å². The highest BCUT2D eigenvalue weighted by molar-refractivity contribution is 7.99. The second kappa shape index (κ2) is 6.41. The van der Waals surface area contributed by atoms with Gasteiger partial charge in [0.1, 0.15) is 0 Å². The van der Waals surface area contributed by atoms with E-state index in [1.165, 1.54) is 29.4 Å². The van der Waals surface area contributed by atoms with Crippen LogP contribution in [0.2, 0.25) is 0 Å². The third-order valence-corrected chi connectivity index (χ3v) is 5.47. The molecule has 1 fully saturated rings. The second-order valence-electron chi connectivity index (χ2n) is 5.31. The lowest BCUT2D eigenvalue weighted by molar-refractivity contribution is 0.308. The molecule has 0 saturated carbocycles. The van der Waals surface area contributed by atoms with Crippen LogP contribution in [0.5, 0.6) is 0 Å². The summed E-state index contributed by atoms with van der Waals surface area (Å²) in [6.07, 6.45) is 1.33. The van der Waals surface area contributed by atoms with Gasteiger partial charge < -0.3 is 5.32 Å². The molecule has 15 heavy (non-hydrogen) atoms. The lowest BCUT2D eigenvalue weighted by Gasteiger charge is -2.36. The van der Waals surface area contributed by atoms with E-state index in [0.29, 0.717) is 11.5 Å². The van der Waals surface area contributed by atoms with Gasteiger partial charge in [-0.15, -0.1) is 0 Å². The molecule has 3 heteroatoms. The van der Waals surface area contributed by atoms with Gasteiger partial charge in [-0.1, -0.05) is 20.8 Å². The topological polar surface area (TPSA) is 12.0 Å². The Morgan fingerprint density at radius 2 is 2.27 bits per heavy atom. The molecule has 1 aliphatic rings. The summed E-state index contributed by atoms with van der Waals surface area (Å²) in [5.74, 6) is 5.10. The second-order valence-corrected chi connectivity index (χ2v) is 7.66. The molecule has 0 amide bonds. The molecule has 0 aromatic heterocycles. The fourth-order valence-electron chi connectivity index (χ4n) is 2.11. The summed E-state index contributed by atoms with van der Waals surface area (Å²) in [6, 6.07) is 1.39. The van der Waals surface area contributed by atoms with Crippen LogP contribution in [0.1, 0.15) is 34.1 Å². The third kappa shape index (κ3) is 5.50. The van der Waals surface area contributed by atoms with E-state index in [9.17, 15) is 0 Å². The van der Waals surface area contributed by atoms with Crippen LogP contribution in [0.3, 0.4) is 0 Å². The Hall–Kier alpha value is 0.660. The Labute approximate surface area is 104 Å². The van der Waals surface area contributed by atoms with E-state index in [1.807, 2.05) is 11.8 Å². The first-order valence-corrected chi connectivity index (χ1v) is 8.26. The first kappa shape index (κ1) is 13.7. The zero-order valence-electron chi connectivity index (χ0n) is 10.5. The highest BCUT2D eigenvalue weighted by Crippen LogP contribution is 2.33. The van der Waals surface area contributed by atoms with Crippen molar-refractivity contribution in [1.29, 1.82) is 0 Å². The van der Waals surface area contributed by atoms with Crippen LogP contribution in [0.25, 0.3) is 0 Å². The van der Waals surface area contributed by atoms with E-state index >= 15 is 0 Å². The summed E-state index contributed by atoms with van der Waals surface area (Å²) in [5.41, 5.74) is 0.526. The lowest BCUT2D eigenvalue weighted by Crippen LogP contribution is -2.45. The molecular weight excluding hydrogens is 222 g/mol. The fourth-order valence-corrected chi connectivity index (χ4v) is 4.09. The number of hydrogen-bond acceptors (Lipinski definition) is 3. The van der Waals surface area contributed by atoms with Crippen LogP contribution in [0, 0.1) is 5.41 Å². The summed E-state index contributed by atoms with van der Waals surface area (Å²) in [6.45, 7) is 9.32. The average molecular weight is 247 g/mol. The molecule has 1 heterocycles. The largest absolute Gasteiger partial charge is 0.310 e. The maximum absolute atomic E-state index is 3.77. The first-order chi connectivity index (χ1) is 7.03. The zero-order valence-corrected chi connectivity index (χ0v) is 12.1.